The Morgan fingerprint density at radius 2 is 2.04 bits per heavy atom. The highest BCUT2D eigenvalue weighted by molar-refractivity contribution is 5.67. The Morgan fingerprint density at radius 3 is 2.85 bits per heavy atom. The van der Waals surface area contributed by atoms with Gasteiger partial charge in [0.25, 0.3) is 0 Å². The molecule has 4 atom stereocenters. The average molecular weight is 361 g/mol. The first-order valence-corrected chi connectivity index (χ1v) is 10.2. The number of ether oxygens (including phenoxy) is 2. The minimum atomic E-state index is 0.233. The largest absolute Gasteiger partial charge is 0.489 e. The van der Waals surface area contributed by atoms with Gasteiger partial charge in [0.2, 0.25) is 0 Å². The Morgan fingerprint density at radius 1 is 1.15 bits per heavy atom. The van der Waals surface area contributed by atoms with Crippen LogP contribution in [0.15, 0.2) is 54.6 Å². The van der Waals surface area contributed by atoms with Gasteiger partial charge in [-0.25, -0.2) is 0 Å². The van der Waals surface area contributed by atoms with Crippen molar-refractivity contribution in [3.05, 3.63) is 71.3 Å². The molecule has 2 aromatic carbocycles. The summed E-state index contributed by atoms with van der Waals surface area (Å²) in [6, 6.07) is 15.7. The normalized spacial score (nSPS) is 28.5. The highest BCUT2D eigenvalue weighted by Crippen LogP contribution is 2.52. The van der Waals surface area contributed by atoms with E-state index in [1.54, 1.807) is 0 Å². The van der Waals surface area contributed by atoms with Gasteiger partial charge in [0, 0.05) is 12.5 Å². The Kier molecular flexibility index (Phi) is 4.41. The maximum atomic E-state index is 6.23. The summed E-state index contributed by atoms with van der Waals surface area (Å²) >= 11 is 0. The second-order valence-electron chi connectivity index (χ2n) is 8.05. The fourth-order valence-electron chi connectivity index (χ4n) is 4.78. The molecular weight excluding hydrogens is 334 g/mol. The maximum absolute atomic E-state index is 6.23. The maximum Gasteiger partial charge on any atom is 0.142 e. The fraction of sp³-hybridized carbons (Fsp3) is 0.417. The molecule has 2 aliphatic heterocycles. The highest BCUT2D eigenvalue weighted by Gasteiger charge is 2.39. The van der Waals surface area contributed by atoms with Crippen molar-refractivity contribution in [2.24, 2.45) is 5.92 Å². The third-order valence-electron chi connectivity index (χ3n) is 6.24. The van der Waals surface area contributed by atoms with Crippen LogP contribution in [0.25, 0.3) is 0 Å². The SMILES string of the molecule is Cc1ccc(C2Nc3c(OCC4CCCO4)cccc3C3C=CCC32)cc1. The molecule has 4 unspecified atom stereocenters. The number of hydrogen-bond acceptors (Lipinski definition) is 3. The lowest BCUT2D eigenvalue weighted by atomic mass is 9.77. The van der Waals surface area contributed by atoms with Gasteiger partial charge in [0.05, 0.1) is 17.8 Å². The van der Waals surface area contributed by atoms with Crippen molar-refractivity contribution in [3.8, 4) is 5.75 Å². The minimum absolute atomic E-state index is 0.233. The van der Waals surface area contributed by atoms with Gasteiger partial charge in [0.1, 0.15) is 12.4 Å². The van der Waals surface area contributed by atoms with Crippen LogP contribution in [0.4, 0.5) is 5.69 Å². The molecule has 0 spiro atoms. The van der Waals surface area contributed by atoms with Crippen LogP contribution in [0.1, 0.15) is 47.9 Å². The molecule has 27 heavy (non-hydrogen) atoms. The van der Waals surface area contributed by atoms with Crippen molar-refractivity contribution in [1.29, 1.82) is 0 Å². The van der Waals surface area contributed by atoms with Crippen LogP contribution in [-0.4, -0.2) is 19.3 Å². The van der Waals surface area contributed by atoms with E-state index in [1.165, 1.54) is 16.7 Å². The van der Waals surface area contributed by atoms with Gasteiger partial charge in [-0.2, -0.15) is 0 Å². The van der Waals surface area contributed by atoms with Gasteiger partial charge in [0.15, 0.2) is 0 Å². The van der Waals surface area contributed by atoms with Crippen molar-refractivity contribution in [3.63, 3.8) is 0 Å². The predicted octanol–water partition coefficient (Wildman–Crippen LogP) is 5.38. The van der Waals surface area contributed by atoms with Crippen molar-refractivity contribution in [2.45, 2.75) is 44.2 Å². The van der Waals surface area contributed by atoms with Crippen LogP contribution in [0, 0.1) is 12.8 Å². The Balaban J connectivity index is 1.46. The Hall–Kier alpha value is -2.26. The molecular formula is C24H27NO2. The second kappa shape index (κ2) is 7.05. The molecule has 3 aliphatic rings. The number of rotatable bonds is 4. The third kappa shape index (κ3) is 3.14. The van der Waals surface area contributed by atoms with E-state index in [-0.39, 0.29) is 6.10 Å². The predicted molar refractivity (Wildman–Crippen MR) is 108 cm³/mol. The molecule has 5 rings (SSSR count). The molecule has 0 amide bonds. The third-order valence-corrected chi connectivity index (χ3v) is 6.24. The van der Waals surface area contributed by atoms with E-state index in [0.717, 1.165) is 37.3 Å². The quantitative estimate of drug-likeness (QED) is 0.742. The second-order valence-corrected chi connectivity index (χ2v) is 8.05. The fourth-order valence-corrected chi connectivity index (χ4v) is 4.78. The molecule has 1 aliphatic carbocycles. The molecule has 1 N–H and O–H groups in total. The van der Waals surface area contributed by atoms with Gasteiger partial charge < -0.3 is 14.8 Å². The number of anilines is 1. The number of aryl methyl sites for hydroxylation is 1. The summed E-state index contributed by atoms with van der Waals surface area (Å²) in [4.78, 5) is 0. The summed E-state index contributed by atoms with van der Waals surface area (Å²) in [7, 11) is 0. The smallest absolute Gasteiger partial charge is 0.142 e. The Labute approximate surface area is 161 Å². The summed E-state index contributed by atoms with van der Waals surface area (Å²) in [6.07, 6.45) is 8.32. The molecule has 0 aromatic heterocycles. The summed E-state index contributed by atoms with van der Waals surface area (Å²) in [5, 5.41) is 3.84. The molecule has 3 heteroatoms. The molecule has 3 nitrogen and oxygen atoms in total. The molecule has 2 heterocycles. The molecule has 1 fully saturated rings. The average Bonchev–Trinajstić information content (AvgIpc) is 3.38. The van der Waals surface area contributed by atoms with Crippen LogP contribution < -0.4 is 10.1 Å². The zero-order valence-electron chi connectivity index (χ0n) is 15.9. The number of para-hydroxylation sites is 1. The van der Waals surface area contributed by atoms with Crippen LogP contribution in [0.3, 0.4) is 0 Å². The van der Waals surface area contributed by atoms with E-state index in [1.807, 2.05) is 0 Å². The number of nitrogens with one attached hydrogen (secondary N) is 1. The van der Waals surface area contributed by atoms with E-state index in [2.05, 4.69) is 66.9 Å². The van der Waals surface area contributed by atoms with E-state index in [0.29, 0.717) is 24.5 Å². The zero-order chi connectivity index (χ0) is 18.2. The number of fused-ring (bicyclic) bond motifs is 3. The number of benzene rings is 2. The van der Waals surface area contributed by atoms with Gasteiger partial charge in [-0.05, 0) is 49.3 Å². The monoisotopic (exact) mass is 361 g/mol. The summed E-state index contributed by atoms with van der Waals surface area (Å²) in [5.41, 5.74) is 5.19. The lowest BCUT2D eigenvalue weighted by Gasteiger charge is -2.38. The van der Waals surface area contributed by atoms with Crippen molar-refractivity contribution in [1.82, 2.24) is 0 Å². The van der Waals surface area contributed by atoms with Gasteiger partial charge in [-0.15, -0.1) is 0 Å². The van der Waals surface area contributed by atoms with E-state index in [4.69, 9.17) is 9.47 Å². The van der Waals surface area contributed by atoms with Crippen LogP contribution in [-0.2, 0) is 4.74 Å². The Bertz CT molecular complexity index is 836. The topological polar surface area (TPSA) is 30.5 Å². The van der Waals surface area contributed by atoms with Crippen molar-refractivity contribution >= 4 is 5.69 Å². The molecule has 0 radical (unpaired) electrons. The standard InChI is InChI=1S/C24H27NO2/c1-16-10-12-17(13-11-16)23-20-7-2-6-19(20)21-8-3-9-22(24(21)25-23)27-15-18-5-4-14-26-18/h2-3,6,8-13,18-20,23,25H,4-5,7,14-15H2,1H3. The van der Waals surface area contributed by atoms with Crippen LogP contribution in [0.5, 0.6) is 5.75 Å². The molecule has 0 bridgehead atoms. The first kappa shape index (κ1) is 16.9. The number of hydrogen-bond donors (Lipinski definition) is 1. The molecule has 140 valence electrons. The van der Waals surface area contributed by atoms with Crippen LogP contribution >= 0.6 is 0 Å². The summed E-state index contributed by atoms with van der Waals surface area (Å²) < 4.78 is 12.0. The van der Waals surface area contributed by atoms with Crippen molar-refractivity contribution in [2.75, 3.05) is 18.5 Å². The lowest BCUT2D eigenvalue weighted by molar-refractivity contribution is 0.0681. The molecule has 1 saturated heterocycles. The van der Waals surface area contributed by atoms with Gasteiger partial charge in [-0.3, -0.25) is 0 Å². The highest BCUT2D eigenvalue weighted by atomic mass is 16.5. The first-order valence-electron chi connectivity index (χ1n) is 10.2. The van der Waals surface area contributed by atoms with E-state index < -0.39 is 0 Å². The lowest BCUT2D eigenvalue weighted by Crippen LogP contribution is -2.29. The summed E-state index contributed by atoms with van der Waals surface area (Å²) in [5.74, 6) is 1.98. The number of allylic oxidation sites excluding steroid dienone is 2. The summed E-state index contributed by atoms with van der Waals surface area (Å²) in [6.45, 7) is 3.64. The minimum Gasteiger partial charge on any atom is -0.489 e. The van der Waals surface area contributed by atoms with Gasteiger partial charge in [-0.1, -0.05) is 54.1 Å². The van der Waals surface area contributed by atoms with Crippen LogP contribution in [0.2, 0.25) is 0 Å². The van der Waals surface area contributed by atoms with Gasteiger partial charge >= 0.3 is 0 Å². The zero-order valence-corrected chi connectivity index (χ0v) is 15.9. The van der Waals surface area contributed by atoms with E-state index >= 15 is 0 Å². The first-order chi connectivity index (χ1) is 13.3. The molecule has 0 saturated carbocycles. The molecule has 2 aromatic rings. The van der Waals surface area contributed by atoms with E-state index in [9.17, 15) is 0 Å². The van der Waals surface area contributed by atoms with Crippen molar-refractivity contribution < 1.29 is 9.47 Å².